The number of nitrogens with two attached hydrogens (primary N) is 2. The molecule has 13 nitrogen and oxygen atoms in total. The third-order valence-electron chi connectivity index (χ3n) is 4.65. The molecule has 3 atom stereocenters. The van der Waals surface area contributed by atoms with Crippen molar-refractivity contribution in [3.8, 4) is 0 Å². The van der Waals surface area contributed by atoms with E-state index >= 15 is 0 Å². The molecular formula is C15H17N9O4S3. The number of amides is 2. The Morgan fingerprint density at radius 2 is 2.26 bits per heavy atom. The van der Waals surface area contributed by atoms with Crippen LogP contribution >= 0.6 is 34.9 Å². The number of carbonyl (C=O) groups excluding carboxylic acids is 2. The van der Waals surface area contributed by atoms with Crippen molar-refractivity contribution in [2.45, 2.75) is 22.6 Å². The van der Waals surface area contributed by atoms with Crippen LogP contribution in [0.3, 0.4) is 0 Å². The molecule has 4 rings (SSSR count). The second-order valence-corrected chi connectivity index (χ2v) is 9.55. The molecule has 2 aliphatic rings. The van der Waals surface area contributed by atoms with Gasteiger partial charge in [0.25, 0.3) is 5.91 Å². The van der Waals surface area contributed by atoms with Crippen molar-refractivity contribution in [3.05, 3.63) is 22.3 Å². The topological polar surface area (TPSA) is 195 Å². The van der Waals surface area contributed by atoms with Crippen LogP contribution in [-0.2, 0) is 21.4 Å². The highest BCUT2D eigenvalue weighted by molar-refractivity contribution is 8.01. The van der Waals surface area contributed by atoms with Crippen molar-refractivity contribution >= 4 is 57.8 Å². The Hall–Kier alpha value is -2.69. The number of aryl methyl sites for hydroxylation is 1. The number of aromatic nitrogens is 5. The predicted octanol–water partition coefficient (Wildman–Crippen LogP) is -1.22. The highest BCUT2D eigenvalue weighted by Gasteiger charge is 2.54. The van der Waals surface area contributed by atoms with Crippen molar-refractivity contribution in [1.82, 2.24) is 35.4 Å². The van der Waals surface area contributed by atoms with Gasteiger partial charge in [-0.3, -0.25) is 14.5 Å². The first-order valence-corrected chi connectivity index (χ1v) is 11.7. The van der Waals surface area contributed by atoms with Gasteiger partial charge < -0.3 is 21.9 Å². The number of thioether (sulfide) groups is 2. The van der Waals surface area contributed by atoms with E-state index in [0.717, 1.165) is 11.3 Å². The number of anilines is 1. The van der Waals surface area contributed by atoms with Crippen molar-refractivity contribution in [1.29, 1.82) is 0 Å². The van der Waals surface area contributed by atoms with Crippen molar-refractivity contribution in [2.75, 3.05) is 17.2 Å². The van der Waals surface area contributed by atoms with Crippen molar-refractivity contribution in [3.63, 3.8) is 0 Å². The van der Waals surface area contributed by atoms with Crippen LogP contribution in [-0.4, -0.2) is 75.9 Å². The van der Waals surface area contributed by atoms with E-state index in [4.69, 9.17) is 11.5 Å². The van der Waals surface area contributed by atoms with Gasteiger partial charge in [0, 0.05) is 23.9 Å². The van der Waals surface area contributed by atoms with E-state index in [1.54, 1.807) is 12.4 Å². The molecule has 0 aromatic carbocycles. The number of fused-ring (bicyclic) bond motifs is 1. The maximum absolute atomic E-state index is 12.7. The number of hydrogen-bond acceptors (Lipinski definition) is 12. The maximum atomic E-state index is 12.7. The van der Waals surface area contributed by atoms with Crippen LogP contribution in [0.15, 0.2) is 21.8 Å². The monoisotopic (exact) mass is 483 g/mol. The highest BCUT2D eigenvalue weighted by Crippen LogP contribution is 2.41. The van der Waals surface area contributed by atoms with Gasteiger partial charge in [-0.25, -0.2) is 14.5 Å². The number of nitrogens with one attached hydrogen (secondary N) is 1. The van der Waals surface area contributed by atoms with E-state index in [1.165, 1.54) is 33.1 Å². The molecule has 0 bridgehead atoms. The van der Waals surface area contributed by atoms with Crippen molar-refractivity contribution < 1.29 is 19.5 Å². The largest absolute Gasteiger partial charge is 0.477 e. The molecule has 31 heavy (non-hydrogen) atoms. The van der Waals surface area contributed by atoms with Gasteiger partial charge in [-0.05, 0) is 16.0 Å². The maximum Gasteiger partial charge on any atom is 0.352 e. The average molecular weight is 484 g/mol. The fraction of sp³-hybridized carbons (Fsp3) is 0.400. The van der Waals surface area contributed by atoms with Crippen LogP contribution < -0.4 is 16.8 Å². The fourth-order valence-corrected chi connectivity index (χ4v) is 6.04. The molecule has 16 heteroatoms. The van der Waals surface area contributed by atoms with Gasteiger partial charge in [0.2, 0.25) is 11.1 Å². The molecule has 0 spiro atoms. The van der Waals surface area contributed by atoms with E-state index in [1.807, 2.05) is 0 Å². The Balaban J connectivity index is 1.46. The minimum atomic E-state index is -1.20. The minimum absolute atomic E-state index is 0.0709. The number of hydrogen-bond donors (Lipinski definition) is 4. The summed E-state index contributed by atoms with van der Waals surface area (Å²) in [5, 5.41) is 25.3. The van der Waals surface area contributed by atoms with Crippen molar-refractivity contribution in [2.24, 2.45) is 12.8 Å². The van der Waals surface area contributed by atoms with Gasteiger partial charge in [0.1, 0.15) is 23.2 Å². The third kappa shape index (κ3) is 3.98. The van der Waals surface area contributed by atoms with Gasteiger partial charge in [0.05, 0.1) is 5.69 Å². The number of tetrazole rings is 1. The van der Waals surface area contributed by atoms with E-state index in [0.29, 0.717) is 27.9 Å². The lowest BCUT2D eigenvalue weighted by molar-refractivity contribution is -0.150. The first-order valence-electron chi connectivity index (χ1n) is 8.80. The van der Waals surface area contributed by atoms with Crippen LogP contribution in [0.4, 0.5) is 5.13 Å². The molecule has 2 aliphatic heterocycles. The summed E-state index contributed by atoms with van der Waals surface area (Å²) in [6.07, 6.45) is 0. The summed E-state index contributed by atoms with van der Waals surface area (Å²) >= 11 is 3.80. The Bertz CT molecular complexity index is 1080. The number of nitrogens with zero attached hydrogens (tertiary/aromatic N) is 6. The van der Waals surface area contributed by atoms with Crippen LogP contribution in [0.1, 0.15) is 11.7 Å². The Labute approximate surface area is 187 Å². The zero-order valence-electron chi connectivity index (χ0n) is 16.0. The first-order chi connectivity index (χ1) is 14.8. The summed E-state index contributed by atoms with van der Waals surface area (Å²) in [6.45, 7) is 0. The van der Waals surface area contributed by atoms with Crippen LogP contribution in [0.2, 0.25) is 0 Å². The zero-order valence-corrected chi connectivity index (χ0v) is 18.4. The van der Waals surface area contributed by atoms with E-state index in [-0.39, 0.29) is 10.8 Å². The molecule has 0 aliphatic carbocycles. The van der Waals surface area contributed by atoms with E-state index in [9.17, 15) is 19.5 Å². The second kappa shape index (κ2) is 8.45. The van der Waals surface area contributed by atoms with Gasteiger partial charge >= 0.3 is 5.97 Å². The number of nitrogen functional groups attached to an aromatic ring is 1. The molecule has 0 radical (unpaired) electrons. The number of carboxylic acids is 1. The van der Waals surface area contributed by atoms with Gasteiger partial charge in [-0.15, -0.1) is 28.2 Å². The summed E-state index contributed by atoms with van der Waals surface area (Å²) in [5.74, 6) is -1.59. The third-order valence-corrected chi connectivity index (χ3v) is 7.77. The standard InChI is InChI=1S/C15H17N9O4S3/c1-23-15(20-21-22-23)31-3-5-2-29-12-8(11(26)24(12)9(5)13(27)28)19-10(25)7(16)6-4-30-14(17)18-6/h4,7-8,12H,2-3,16H2,1H3,(H2,17,18)(H,19,25)(H,27,28)/t7?,8-,12-/m0/s1. The summed E-state index contributed by atoms with van der Waals surface area (Å²) in [7, 11) is 1.68. The lowest BCUT2D eigenvalue weighted by Crippen LogP contribution is -2.71. The summed E-state index contributed by atoms with van der Waals surface area (Å²) in [5.41, 5.74) is 12.3. The van der Waals surface area contributed by atoms with Crippen LogP contribution in [0.5, 0.6) is 0 Å². The molecule has 2 amide bonds. The second-order valence-electron chi connectivity index (χ2n) is 6.62. The molecular weight excluding hydrogens is 466 g/mol. The zero-order chi connectivity index (χ0) is 22.3. The number of carboxylic acid groups (broad SMARTS) is 1. The SMILES string of the molecule is Cn1nnnc1SCC1=C(C(=O)O)N2C(=O)[C@H](NC(=O)C(N)c3csc(N)n3)[C@@H]2SC1. The van der Waals surface area contributed by atoms with Crippen LogP contribution in [0.25, 0.3) is 0 Å². The number of thiazole rings is 1. The summed E-state index contributed by atoms with van der Waals surface area (Å²) in [4.78, 5) is 42.3. The molecule has 164 valence electrons. The molecule has 2 aromatic heterocycles. The van der Waals surface area contributed by atoms with E-state index < -0.39 is 35.2 Å². The predicted molar refractivity (Wildman–Crippen MR) is 113 cm³/mol. The van der Waals surface area contributed by atoms with Crippen LogP contribution in [0, 0.1) is 0 Å². The molecule has 1 fully saturated rings. The van der Waals surface area contributed by atoms with Gasteiger partial charge in [-0.2, -0.15) is 0 Å². The smallest absolute Gasteiger partial charge is 0.352 e. The lowest BCUT2D eigenvalue weighted by Gasteiger charge is -2.49. The molecule has 6 N–H and O–H groups in total. The van der Waals surface area contributed by atoms with E-state index in [2.05, 4.69) is 25.8 Å². The lowest BCUT2D eigenvalue weighted by atomic mass is 10.0. The van der Waals surface area contributed by atoms with Gasteiger partial charge in [0.15, 0.2) is 5.13 Å². The molecule has 4 heterocycles. The summed E-state index contributed by atoms with van der Waals surface area (Å²) in [6, 6.07) is -1.95. The molecule has 1 saturated heterocycles. The van der Waals surface area contributed by atoms with Gasteiger partial charge in [-0.1, -0.05) is 11.8 Å². The minimum Gasteiger partial charge on any atom is -0.477 e. The quantitative estimate of drug-likeness (QED) is 0.271. The molecule has 0 saturated carbocycles. The number of rotatable bonds is 7. The molecule has 2 aromatic rings. The number of carbonyl (C=O) groups is 3. The first kappa shape index (κ1) is 21.5. The molecule has 1 unspecified atom stereocenters. The summed E-state index contributed by atoms with van der Waals surface area (Å²) < 4.78 is 1.48. The average Bonchev–Trinajstić information content (AvgIpc) is 3.36. The fourth-order valence-electron chi connectivity index (χ4n) is 3.11. The Morgan fingerprint density at radius 3 is 2.87 bits per heavy atom. The number of β-lactam (4-membered cyclic amide) rings is 1. The highest BCUT2D eigenvalue weighted by atomic mass is 32.2. The normalized spacial score (nSPS) is 21.5. The number of aliphatic carboxylic acids is 1. The Morgan fingerprint density at radius 1 is 1.48 bits per heavy atom. The Kier molecular flexibility index (Phi) is 5.87.